The first-order valence-electron chi connectivity index (χ1n) is 5.78. The van der Waals surface area contributed by atoms with Crippen LogP contribution in [0.15, 0.2) is 22.7 Å². The molecule has 1 aromatic rings. The van der Waals surface area contributed by atoms with Crippen molar-refractivity contribution in [2.75, 3.05) is 5.32 Å². The second-order valence-electron chi connectivity index (χ2n) is 4.53. The molecule has 0 atom stereocenters. The lowest BCUT2D eigenvalue weighted by Gasteiger charge is -2.43. The smallest absolute Gasteiger partial charge is 0.270 e. The predicted molar refractivity (Wildman–Crippen MR) is 71.3 cm³/mol. The lowest BCUT2D eigenvalue weighted by molar-refractivity contribution is -0.384. The molecular formula is C12H15BrN2O2. The summed E-state index contributed by atoms with van der Waals surface area (Å²) in [6.45, 7) is 2.17. The van der Waals surface area contributed by atoms with Gasteiger partial charge in [0.1, 0.15) is 0 Å². The third-order valence-corrected chi connectivity index (χ3v) is 4.21. The summed E-state index contributed by atoms with van der Waals surface area (Å²) in [5.41, 5.74) is 1.25. The van der Waals surface area contributed by atoms with E-state index in [0.29, 0.717) is 0 Å². The molecular weight excluding hydrogens is 284 g/mol. The van der Waals surface area contributed by atoms with Gasteiger partial charge in [-0.15, -0.1) is 0 Å². The minimum atomic E-state index is -0.381. The summed E-state index contributed by atoms with van der Waals surface area (Å²) in [5, 5.41) is 14.1. The Bertz CT molecular complexity index is 439. The van der Waals surface area contributed by atoms with Crippen LogP contribution in [0, 0.1) is 10.1 Å². The summed E-state index contributed by atoms with van der Waals surface area (Å²) in [6.07, 6.45) is 4.68. The van der Waals surface area contributed by atoms with E-state index in [0.717, 1.165) is 16.6 Å². The maximum Gasteiger partial charge on any atom is 0.270 e. The largest absolute Gasteiger partial charge is 0.379 e. The third-order valence-electron chi connectivity index (χ3n) is 3.55. The number of nitrogens with one attached hydrogen (secondary N) is 1. The maximum absolute atomic E-state index is 10.6. The van der Waals surface area contributed by atoms with Crippen LogP contribution in [0.2, 0.25) is 0 Å². The van der Waals surface area contributed by atoms with Gasteiger partial charge >= 0.3 is 0 Å². The van der Waals surface area contributed by atoms with Gasteiger partial charge in [0.2, 0.25) is 0 Å². The first-order chi connectivity index (χ1) is 8.06. The van der Waals surface area contributed by atoms with E-state index < -0.39 is 0 Å². The van der Waals surface area contributed by atoms with Crippen molar-refractivity contribution in [3.63, 3.8) is 0 Å². The number of non-ortho nitro benzene ring substituents is 1. The van der Waals surface area contributed by atoms with Crippen LogP contribution in [-0.2, 0) is 0 Å². The average molecular weight is 299 g/mol. The Kier molecular flexibility index (Phi) is 3.38. The molecule has 0 radical (unpaired) electrons. The first kappa shape index (κ1) is 12.4. The van der Waals surface area contributed by atoms with E-state index >= 15 is 0 Å². The number of nitro groups is 1. The fourth-order valence-corrected chi connectivity index (χ4v) is 2.64. The van der Waals surface area contributed by atoms with Crippen molar-refractivity contribution in [1.82, 2.24) is 0 Å². The van der Waals surface area contributed by atoms with E-state index in [2.05, 4.69) is 28.2 Å². The highest BCUT2D eigenvalue weighted by Gasteiger charge is 2.35. The molecule has 1 aromatic carbocycles. The number of anilines is 1. The fraction of sp³-hybridized carbons (Fsp3) is 0.500. The van der Waals surface area contributed by atoms with E-state index in [4.69, 9.17) is 0 Å². The number of halogens is 1. The van der Waals surface area contributed by atoms with Crippen LogP contribution in [-0.4, -0.2) is 10.5 Å². The van der Waals surface area contributed by atoms with Crippen molar-refractivity contribution in [2.45, 2.75) is 38.1 Å². The molecule has 0 heterocycles. The lowest BCUT2D eigenvalue weighted by atomic mass is 9.74. The third kappa shape index (κ3) is 2.44. The summed E-state index contributed by atoms with van der Waals surface area (Å²) in [6, 6.07) is 4.86. The molecule has 1 aliphatic rings. The Labute approximate surface area is 109 Å². The van der Waals surface area contributed by atoms with Gasteiger partial charge in [-0.25, -0.2) is 0 Å². The molecule has 1 aliphatic carbocycles. The molecule has 0 saturated heterocycles. The SMILES string of the molecule is CCC1(Nc2ccc([N+](=O)[O-])cc2Br)CCC1. The van der Waals surface area contributed by atoms with Gasteiger partial charge in [-0.3, -0.25) is 10.1 Å². The Morgan fingerprint density at radius 2 is 2.24 bits per heavy atom. The highest BCUT2D eigenvalue weighted by atomic mass is 79.9. The van der Waals surface area contributed by atoms with E-state index in [1.54, 1.807) is 12.1 Å². The van der Waals surface area contributed by atoms with Gasteiger partial charge in [0.15, 0.2) is 0 Å². The minimum Gasteiger partial charge on any atom is -0.379 e. The predicted octanol–water partition coefficient (Wildman–Crippen LogP) is 4.10. The molecule has 0 spiro atoms. The number of rotatable bonds is 4. The van der Waals surface area contributed by atoms with E-state index in [9.17, 15) is 10.1 Å². The highest BCUT2D eigenvalue weighted by Crippen LogP contribution is 2.40. The molecule has 0 bridgehead atoms. The Morgan fingerprint density at radius 1 is 1.53 bits per heavy atom. The molecule has 0 aliphatic heterocycles. The van der Waals surface area contributed by atoms with Crippen LogP contribution in [0.4, 0.5) is 11.4 Å². The van der Waals surface area contributed by atoms with Crippen molar-refractivity contribution >= 4 is 27.3 Å². The van der Waals surface area contributed by atoms with Gasteiger partial charge in [-0.2, -0.15) is 0 Å². The van der Waals surface area contributed by atoms with E-state index in [1.807, 2.05) is 0 Å². The molecule has 5 heteroatoms. The minimum absolute atomic E-state index is 0.113. The van der Waals surface area contributed by atoms with Crippen LogP contribution >= 0.6 is 15.9 Å². The number of hydrogen-bond donors (Lipinski definition) is 1. The topological polar surface area (TPSA) is 55.2 Å². The molecule has 1 N–H and O–H groups in total. The van der Waals surface area contributed by atoms with Crippen molar-refractivity contribution in [3.05, 3.63) is 32.8 Å². The quantitative estimate of drug-likeness (QED) is 0.672. The van der Waals surface area contributed by atoms with E-state index in [-0.39, 0.29) is 16.1 Å². The Balaban J connectivity index is 2.19. The molecule has 0 amide bonds. The monoisotopic (exact) mass is 298 g/mol. The Hall–Kier alpha value is -1.10. The van der Waals surface area contributed by atoms with Crippen molar-refractivity contribution in [2.24, 2.45) is 0 Å². The highest BCUT2D eigenvalue weighted by molar-refractivity contribution is 9.10. The van der Waals surface area contributed by atoms with Crippen LogP contribution in [0.3, 0.4) is 0 Å². The van der Waals surface area contributed by atoms with Crippen molar-refractivity contribution in [3.8, 4) is 0 Å². The zero-order valence-electron chi connectivity index (χ0n) is 9.70. The lowest BCUT2D eigenvalue weighted by Crippen LogP contribution is -2.44. The van der Waals surface area contributed by atoms with Crippen LogP contribution in [0.1, 0.15) is 32.6 Å². The number of hydrogen-bond acceptors (Lipinski definition) is 3. The normalized spacial score (nSPS) is 17.3. The van der Waals surface area contributed by atoms with Crippen LogP contribution in [0.5, 0.6) is 0 Å². The molecule has 2 rings (SSSR count). The van der Waals surface area contributed by atoms with Crippen molar-refractivity contribution < 1.29 is 4.92 Å². The molecule has 0 unspecified atom stereocenters. The van der Waals surface area contributed by atoms with Gasteiger partial charge in [0.25, 0.3) is 5.69 Å². The summed E-state index contributed by atoms with van der Waals surface area (Å²) >= 11 is 3.38. The number of nitro benzene ring substituents is 1. The zero-order chi connectivity index (χ0) is 12.5. The van der Waals surface area contributed by atoms with Crippen LogP contribution < -0.4 is 5.32 Å². The molecule has 92 valence electrons. The maximum atomic E-state index is 10.6. The number of nitrogens with zero attached hydrogens (tertiary/aromatic N) is 1. The van der Waals surface area contributed by atoms with Gasteiger partial charge in [0, 0.05) is 27.8 Å². The number of benzene rings is 1. The summed E-state index contributed by atoms with van der Waals surface area (Å²) in [4.78, 5) is 10.3. The fourth-order valence-electron chi connectivity index (χ4n) is 2.18. The molecule has 0 aromatic heterocycles. The zero-order valence-corrected chi connectivity index (χ0v) is 11.3. The Morgan fingerprint density at radius 3 is 2.65 bits per heavy atom. The molecule has 4 nitrogen and oxygen atoms in total. The molecule has 1 saturated carbocycles. The summed E-state index contributed by atoms with van der Waals surface area (Å²) < 4.78 is 0.756. The van der Waals surface area contributed by atoms with Crippen molar-refractivity contribution in [1.29, 1.82) is 0 Å². The van der Waals surface area contributed by atoms with Gasteiger partial charge < -0.3 is 5.32 Å². The summed E-state index contributed by atoms with van der Waals surface area (Å²) in [5.74, 6) is 0. The van der Waals surface area contributed by atoms with Crippen LogP contribution in [0.25, 0.3) is 0 Å². The molecule has 1 fully saturated rings. The second kappa shape index (κ2) is 4.64. The first-order valence-corrected chi connectivity index (χ1v) is 6.58. The second-order valence-corrected chi connectivity index (χ2v) is 5.39. The summed E-state index contributed by atoms with van der Waals surface area (Å²) in [7, 11) is 0. The van der Waals surface area contributed by atoms with Gasteiger partial charge in [-0.05, 0) is 47.7 Å². The standard InChI is InChI=1S/C12H15BrN2O2/c1-2-12(6-3-7-12)14-11-5-4-9(15(16)17)8-10(11)13/h4-5,8,14H,2-3,6-7H2,1H3. The van der Waals surface area contributed by atoms with Gasteiger partial charge in [-0.1, -0.05) is 6.92 Å². The van der Waals surface area contributed by atoms with Gasteiger partial charge in [0.05, 0.1) is 4.92 Å². The van der Waals surface area contributed by atoms with E-state index in [1.165, 1.54) is 25.3 Å². The average Bonchev–Trinajstić information content (AvgIpc) is 2.25. The molecule has 17 heavy (non-hydrogen) atoms.